The Morgan fingerprint density at radius 3 is 2.52 bits per heavy atom. The number of hydrogen-bond acceptors (Lipinski definition) is 6. The van der Waals surface area contributed by atoms with Gasteiger partial charge >= 0.3 is 0 Å². The third kappa shape index (κ3) is 6.90. The van der Waals surface area contributed by atoms with Gasteiger partial charge in [-0.25, -0.2) is 5.43 Å². The maximum absolute atomic E-state index is 12.0. The molecule has 0 heterocycles. The van der Waals surface area contributed by atoms with E-state index in [1.165, 1.54) is 35.7 Å². The van der Waals surface area contributed by atoms with Gasteiger partial charge in [-0.05, 0) is 32.4 Å². The average Bonchev–Trinajstić information content (AvgIpc) is 2.71. The van der Waals surface area contributed by atoms with Crippen LogP contribution in [0.25, 0.3) is 0 Å². The van der Waals surface area contributed by atoms with Crippen molar-refractivity contribution < 1.29 is 9.72 Å². The highest BCUT2D eigenvalue weighted by atomic mass is 32.2. The Morgan fingerprint density at radius 2 is 1.90 bits per heavy atom. The van der Waals surface area contributed by atoms with Gasteiger partial charge in [0.2, 0.25) is 5.91 Å². The Balaban J connectivity index is 1.96. The molecule has 2 aromatic carbocycles. The first-order valence-corrected chi connectivity index (χ1v) is 10.6. The lowest BCUT2D eigenvalue weighted by Gasteiger charge is -2.22. The fourth-order valence-electron chi connectivity index (χ4n) is 2.76. The SMILES string of the molecule is CCN(CC)c1ccc([N+](=O)[O-])cc1/C=N\NC(=O)CSCc1ccc(C)cc1. The molecule has 7 nitrogen and oxygen atoms in total. The van der Waals surface area contributed by atoms with Gasteiger partial charge in [-0.15, -0.1) is 11.8 Å². The van der Waals surface area contributed by atoms with E-state index < -0.39 is 4.92 Å². The predicted octanol–water partition coefficient (Wildman–Crippen LogP) is 4.13. The molecule has 1 N–H and O–H groups in total. The van der Waals surface area contributed by atoms with Crippen molar-refractivity contribution in [2.45, 2.75) is 26.5 Å². The molecule has 2 aromatic rings. The number of hydrazone groups is 1. The summed E-state index contributed by atoms with van der Waals surface area (Å²) in [5.74, 6) is 0.811. The monoisotopic (exact) mass is 414 g/mol. The minimum atomic E-state index is -0.441. The highest BCUT2D eigenvalue weighted by Gasteiger charge is 2.13. The molecule has 0 unspecified atom stereocenters. The van der Waals surface area contributed by atoms with Crippen molar-refractivity contribution in [3.8, 4) is 0 Å². The number of aryl methyl sites for hydroxylation is 1. The zero-order chi connectivity index (χ0) is 21.2. The van der Waals surface area contributed by atoms with Crippen LogP contribution in [-0.2, 0) is 10.5 Å². The fraction of sp³-hybridized carbons (Fsp3) is 0.333. The normalized spacial score (nSPS) is 10.9. The van der Waals surface area contributed by atoms with Crippen LogP contribution in [0.3, 0.4) is 0 Å². The molecule has 2 rings (SSSR count). The maximum Gasteiger partial charge on any atom is 0.270 e. The van der Waals surface area contributed by atoms with E-state index >= 15 is 0 Å². The molecule has 154 valence electrons. The number of nitrogens with zero attached hydrogens (tertiary/aromatic N) is 3. The molecule has 0 saturated carbocycles. The number of carbonyl (C=O) groups is 1. The highest BCUT2D eigenvalue weighted by molar-refractivity contribution is 7.99. The maximum atomic E-state index is 12.0. The van der Waals surface area contributed by atoms with Gasteiger partial charge in [0.1, 0.15) is 0 Å². The van der Waals surface area contributed by atoms with Crippen LogP contribution in [0.5, 0.6) is 0 Å². The highest BCUT2D eigenvalue weighted by Crippen LogP contribution is 2.24. The van der Waals surface area contributed by atoms with Crippen molar-refractivity contribution in [3.05, 3.63) is 69.3 Å². The summed E-state index contributed by atoms with van der Waals surface area (Å²) in [6.07, 6.45) is 1.46. The van der Waals surface area contributed by atoms with Crippen LogP contribution in [0.2, 0.25) is 0 Å². The summed E-state index contributed by atoms with van der Waals surface area (Å²) < 4.78 is 0. The van der Waals surface area contributed by atoms with Crippen molar-refractivity contribution in [2.75, 3.05) is 23.7 Å². The number of benzene rings is 2. The number of non-ortho nitro benzene ring substituents is 1. The van der Waals surface area contributed by atoms with Crippen LogP contribution in [-0.4, -0.2) is 35.9 Å². The lowest BCUT2D eigenvalue weighted by molar-refractivity contribution is -0.384. The molecular weight excluding hydrogens is 388 g/mol. The minimum absolute atomic E-state index is 0.0117. The fourth-order valence-corrected chi connectivity index (χ4v) is 3.54. The summed E-state index contributed by atoms with van der Waals surface area (Å²) >= 11 is 1.50. The molecule has 29 heavy (non-hydrogen) atoms. The van der Waals surface area contributed by atoms with Crippen molar-refractivity contribution in [3.63, 3.8) is 0 Å². The van der Waals surface area contributed by atoms with Gasteiger partial charge in [-0.1, -0.05) is 29.8 Å². The quantitative estimate of drug-likeness (QED) is 0.359. The zero-order valence-corrected chi connectivity index (χ0v) is 17.7. The lowest BCUT2D eigenvalue weighted by atomic mass is 10.1. The first-order valence-electron chi connectivity index (χ1n) is 9.43. The van der Waals surface area contributed by atoms with Gasteiger partial charge < -0.3 is 4.90 Å². The predicted molar refractivity (Wildman–Crippen MR) is 120 cm³/mol. The molecular formula is C21H26N4O3S. The number of nitro benzene ring substituents is 1. The summed E-state index contributed by atoms with van der Waals surface area (Å²) in [4.78, 5) is 24.7. The molecule has 0 aliphatic rings. The standard InChI is InChI=1S/C21H26N4O3S/c1-4-24(5-2)20-11-10-19(25(27)28)12-18(20)13-22-23-21(26)15-29-14-17-8-6-16(3)7-9-17/h6-13H,4-5,14-15H2,1-3H3,(H,23,26)/b22-13-. The van der Waals surface area contributed by atoms with Crippen molar-refractivity contribution in [2.24, 2.45) is 5.10 Å². The van der Waals surface area contributed by atoms with Gasteiger partial charge in [-0.2, -0.15) is 5.10 Å². The lowest BCUT2D eigenvalue weighted by Crippen LogP contribution is -2.23. The van der Waals surface area contributed by atoms with Gasteiger partial charge in [0.05, 0.1) is 16.9 Å². The molecule has 0 saturated heterocycles. The summed E-state index contributed by atoms with van der Waals surface area (Å²) in [5.41, 5.74) is 6.29. The number of nitro groups is 1. The number of carbonyl (C=O) groups excluding carboxylic acids is 1. The van der Waals surface area contributed by atoms with Crippen molar-refractivity contribution >= 4 is 35.3 Å². The van der Waals surface area contributed by atoms with E-state index in [0.717, 1.165) is 30.1 Å². The van der Waals surface area contributed by atoms with Crippen molar-refractivity contribution in [1.29, 1.82) is 0 Å². The number of thioether (sulfide) groups is 1. The van der Waals surface area contributed by atoms with E-state index in [1.54, 1.807) is 6.07 Å². The second kappa shape index (κ2) is 11.2. The van der Waals surface area contributed by atoms with Crippen LogP contribution >= 0.6 is 11.8 Å². The van der Waals surface area contributed by atoms with E-state index in [0.29, 0.717) is 5.56 Å². The molecule has 0 aromatic heterocycles. The van der Waals surface area contributed by atoms with Gasteiger partial charge in [0.25, 0.3) is 5.69 Å². The Hall–Kier alpha value is -2.87. The molecule has 0 aliphatic heterocycles. The van der Waals surface area contributed by atoms with Crippen LogP contribution in [0.1, 0.15) is 30.5 Å². The molecule has 0 spiro atoms. The Bertz CT molecular complexity index is 865. The Kier molecular flexibility index (Phi) is 8.67. The van der Waals surface area contributed by atoms with Gasteiger partial charge in [0.15, 0.2) is 0 Å². The first-order chi connectivity index (χ1) is 13.9. The van der Waals surface area contributed by atoms with E-state index in [1.807, 2.05) is 32.9 Å². The smallest absolute Gasteiger partial charge is 0.270 e. The number of nitrogens with one attached hydrogen (secondary N) is 1. The third-order valence-corrected chi connectivity index (χ3v) is 5.35. The Labute approximate surface area is 175 Å². The number of amides is 1. The number of rotatable bonds is 10. The van der Waals surface area contributed by atoms with Crippen molar-refractivity contribution in [1.82, 2.24) is 5.43 Å². The van der Waals surface area contributed by atoms with E-state index in [4.69, 9.17) is 0 Å². The van der Waals surface area contributed by atoms with Crippen LogP contribution in [0.4, 0.5) is 11.4 Å². The van der Waals surface area contributed by atoms with E-state index in [2.05, 4.69) is 27.6 Å². The van der Waals surface area contributed by atoms with Crippen LogP contribution in [0.15, 0.2) is 47.6 Å². The molecule has 0 atom stereocenters. The number of anilines is 1. The molecule has 8 heteroatoms. The minimum Gasteiger partial charge on any atom is -0.372 e. The summed E-state index contributed by atoms with van der Waals surface area (Å²) in [6.45, 7) is 7.58. The number of hydrogen-bond donors (Lipinski definition) is 1. The average molecular weight is 415 g/mol. The topological polar surface area (TPSA) is 87.8 Å². The largest absolute Gasteiger partial charge is 0.372 e. The Morgan fingerprint density at radius 1 is 1.21 bits per heavy atom. The summed E-state index contributed by atoms with van der Waals surface area (Å²) in [6, 6.07) is 12.9. The van der Waals surface area contributed by atoms with E-state index in [9.17, 15) is 14.9 Å². The molecule has 1 amide bonds. The summed E-state index contributed by atoms with van der Waals surface area (Å²) in [7, 11) is 0. The molecule has 0 fully saturated rings. The second-order valence-electron chi connectivity index (χ2n) is 6.44. The first kappa shape index (κ1) is 22.4. The third-order valence-electron chi connectivity index (χ3n) is 4.34. The van der Waals surface area contributed by atoms with Gasteiger partial charge in [0, 0.05) is 42.2 Å². The van der Waals surface area contributed by atoms with Crippen LogP contribution in [0, 0.1) is 17.0 Å². The molecule has 0 radical (unpaired) electrons. The van der Waals surface area contributed by atoms with E-state index in [-0.39, 0.29) is 17.3 Å². The summed E-state index contributed by atoms with van der Waals surface area (Å²) in [5, 5.41) is 15.1. The zero-order valence-electron chi connectivity index (χ0n) is 16.9. The van der Waals surface area contributed by atoms with Gasteiger partial charge in [-0.3, -0.25) is 14.9 Å². The molecule has 0 aliphatic carbocycles. The van der Waals surface area contributed by atoms with Crippen LogP contribution < -0.4 is 10.3 Å². The molecule has 0 bridgehead atoms. The second-order valence-corrected chi connectivity index (χ2v) is 7.43.